The van der Waals surface area contributed by atoms with Crippen LogP contribution < -0.4 is 0 Å². The summed E-state index contributed by atoms with van der Waals surface area (Å²) in [6.45, 7) is 6.56. The molecule has 1 N–H and O–H groups in total. The molecule has 2 heteroatoms. The molecule has 1 nitrogen and oxygen atoms in total. The highest BCUT2D eigenvalue weighted by atomic mass is 32.2. The number of hydrogen-bond acceptors (Lipinski definition) is 2. The molecule has 3 unspecified atom stereocenters. The Morgan fingerprint density at radius 2 is 1.88 bits per heavy atom. The predicted octanol–water partition coefficient (Wildman–Crippen LogP) is 3.67. The Hall–Kier alpha value is -0.470. The molecule has 1 fully saturated rings. The molecule has 16 heavy (non-hydrogen) atoms. The van der Waals surface area contributed by atoms with E-state index >= 15 is 0 Å². The first-order valence-corrected chi connectivity index (χ1v) is 6.90. The molecular formula is C14H20OS. The fourth-order valence-corrected chi connectivity index (χ4v) is 3.10. The van der Waals surface area contributed by atoms with Crippen molar-refractivity contribution in [3.05, 3.63) is 29.8 Å². The molecule has 1 aliphatic rings. The standard InChI is InChI=1S/C14H20OS/c1-9(2)16-12-6-4-11(5-7-12)13-8-14(15)10(13)3/h4-7,9-10,13-15H,8H2,1-3H3. The molecule has 0 radical (unpaired) electrons. The zero-order valence-corrected chi connectivity index (χ0v) is 11.0. The van der Waals surface area contributed by atoms with Crippen molar-refractivity contribution in [3.63, 3.8) is 0 Å². The van der Waals surface area contributed by atoms with Gasteiger partial charge in [0.2, 0.25) is 0 Å². The van der Waals surface area contributed by atoms with Crippen LogP contribution in [0.1, 0.15) is 38.7 Å². The van der Waals surface area contributed by atoms with Gasteiger partial charge >= 0.3 is 0 Å². The molecule has 0 spiro atoms. The summed E-state index contributed by atoms with van der Waals surface area (Å²) >= 11 is 1.90. The van der Waals surface area contributed by atoms with E-state index in [9.17, 15) is 5.11 Å². The van der Waals surface area contributed by atoms with E-state index in [1.807, 2.05) is 11.8 Å². The molecule has 1 aliphatic carbocycles. The number of rotatable bonds is 3. The highest BCUT2D eigenvalue weighted by Crippen LogP contribution is 2.42. The molecule has 1 aromatic rings. The molecule has 0 aromatic heterocycles. The summed E-state index contributed by atoms with van der Waals surface area (Å²) in [7, 11) is 0. The Kier molecular flexibility index (Phi) is 3.60. The van der Waals surface area contributed by atoms with E-state index in [0.717, 1.165) is 6.42 Å². The van der Waals surface area contributed by atoms with Crippen molar-refractivity contribution in [2.75, 3.05) is 0 Å². The number of aliphatic hydroxyl groups excluding tert-OH is 1. The van der Waals surface area contributed by atoms with Crippen molar-refractivity contribution in [1.29, 1.82) is 0 Å². The van der Waals surface area contributed by atoms with Gasteiger partial charge < -0.3 is 5.11 Å². The van der Waals surface area contributed by atoms with Crippen LogP contribution in [0.3, 0.4) is 0 Å². The molecule has 0 amide bonds. The van der Waals surface area contributed by atoms with Crippen LogP contribution in [0.2, 0.25) is 0 Å². The van der Waals surface area contributed by atoms with Gasteiger partial charge in [-0.25, -0.2) is 0 Å². The predicted molar refractivity (Wildman–Crippen MR) is 70.0 cm³/mol. The average molecular weight is 236 g/mol. The average Bonchev–Trinajstić information content (AvgIpc) is 2.26. The zero-order chi connectivity index (χ0) is 11.7. The van der Waals surface area contributed by atoms with Crippen LogP contribution in [0.4, 0.5) is 0 Å². The molecule has 0 heterocycles. The molecule has 1 saturated carbocycles. The molecule has 0 saturated heterocycles. The maximum Gasteiger partial charge on any atom is 0.0577 e. The van der Waals surface area contributed by atoms with Gasteiger partial charge in [0.1, 0.15) is 0 Å². The van der Waals surface area contributed by atoms with Crippen molar-refractivity contribution in [2.24, 2.45) is 5.92 Å². The Morgan fingerprint density at radius 1 is 1.25 bits per heavy atom. The SMILES string of the molecule is CC(C)Sc1ccc(C2CC(O)C2C)cc1. The minimum absolute atomic E-state index is 0.0882. The van der Waals surface area contributed by atoms with Gasteiger partial charge in [-0.05, 0) is 36.0 Å². The summed E-state index contributed by atoms with van der Waals surface area (Å²) in [4.78, 5) is 1.34. The van der Waals surface area contributed by atoms with Crippen molar-refractivity contribution in [1.82, 2.24) is 0 Å². The molecular weight excluding hydrogens is 216 g/mol. The van der Waals surface area contributed by atoms with Crippen LogP contribution in [0.15, 0.2) is 29.2 Å². The van der Waals surface area contributed by atoms with Gasteiger partial charge in [0.25, 0.3) is 0 Å². The van der Waals surface area contributed by atoms with Crippen LogP contribution in [-0.4, -0.2) is 16.5 Å². The normalized spacial score (nSPS) is 29.2. The number of hydrogen-bond donors (Lipinski definition) is 1. The number of thioether (sulfide) groups is 1. The van der Waals surface area contributed by atoms with E-state index in [1.165, 1.54) is 10.5 Å². The van der Waals surface area contributed by atoms with E-state index in [4.69, 9.17) is 0 Å². The minimum atomic E-state index is -0.0882. The van der Waals surface area contributed by atoms with E-state index in [-0.39, 0.29) is 6.10 Å². The van der Waals surface area contributed by atoms with Crippen LogP contribution >= 0.6 is 11.8 Å². The van der Waals surface area contributed by atoms with E-state index < -0.39 is 0 Å². The third kappa shape index (κ3) is 2.44. The zero-order valence-electron chi connectivity index (χ0n) is 10.2. The summed E-state index contributed by atoms with van der Waals surface area (Å²) in [5.41, 5.74) is 1.38. The third-order valence-electron chi connectivity index (χ3n) is 3.42. The molecule has 88 valence electrons. The monoisotopic (exact) mass is 236 g/mol. The van der Waals surface area contributed by atoms with Crippen LogP contribution in [0.5, 0.6) is 0 Å². The Bertz CT molecular complexity index is 344. The third-order valence-corrected chi connectivity index (χ3v) is 4.43. The van der Waals surface area contributed by atoms with E-state index in [1.54, 1.807) is 0 Å². The second kappa shape index (κ2) is 4.80. The van der Waals surface area contributed by atoms with Gasteiger partial charge in [0, 0.05) is 10.1 Å². The topological polar surface area (TPSA) is 20.2 Å². The number of aliphatic hydroxyl groups is 1. The van der Waals surface area contributed by atoms with Gasteiger partial charge in [-0.1, -0.05) is 32.9 Å². The largest absolute Gasteiger partial charge is 0.393 e. The van der Waals surface area contributed by atoms with Crippen molar-refractivity contribution in [2.45, 2.75) is 49.4 Å². The first-order valence-electron chi connectivity index (χ1n) is 6.02. The van der Waals surface area contributed by atoms with Crippen LogP contribution in [0, 0.1) is 5.92 Å². The van der Waals surface area contributed by atoms with Gasteiger partial charge in [0.15, 0.2) is 0 Å². The Labute approximate surface area is 102 Å². The van der Waals surface area contributed by atoms with Crippen LogP contribution in [0.25, 0.3) is 0 Å². The maximum atomic E-state index is 9.52. The minimum Gasteiger partial charge on any atom is -0.393 e. The van der Waals surface area contributed by atoms with Crippen LogP contribution in [-0.2, 0) is 0 Å². The van der Waals surface area contributed by atoms with Crippen molar-refractivity contribution in [3.8, 4) is 0 Å². The summed E-state index contributed by atoms with van der Waals surface area (Å²) in [6, 6.07) is 8.85. The lowest BCUT2D eigenvalue weighted by atomic mass is 9.69. The summed E-state index contributed by atoms with van der Waals surface area (Å²) in [5, 5.41) is 10.2. The first-order chi connectivity index (χ1) is 7.58. The molecule has 0 aliphatic heterocycles. The fraction of sp³-hybridized carbons (Fsp3) is 0.571. The lowest BCUT2D eigenvalue weighted by Gasteiger charge is -2.39. The summed E-state index contributed by atoms with van der Waals surface area (Å²) in [6.07, 6.45) is 0.840. The lowest BCUT2D eigenvalue weighted by molar-refractivity contribution is 0.0117. The first kappa shape index (κ1) is 12.0. The highest BCUT2D eigenvalue weighted by Gasteiger charge is 2.36. The molecule has 0 bridgehead atoms. The smallest absolute Gasteiger partial charge is 0.0577 e. The quantitative estimate of drug-likeness (QED) is 0.808. The fourth-order valence-electron chi connectivity index (χ4n) is 2.27. The lowest BCUT2D eigenvalue weighted by Crippen LogP contribution is -2.37. The number of benzene rings is 1. The second-order valence-corrected chi connectivity index (χ2v) is 6.65. The summed E-state index contributed by atoms with van der Waals surface area (Å²) in [5.74, 6) is 0.983. The van der Waals surface area contributed by atoms with Gasteiger partial charge in [0.05, 0.1) is 6.10 Å². The van der Waals surface area contributed by atoms with Gasteiger partial charge in [-0.2, -0.15) is 0 Å². The van der Waals surface area contributed by atoms with E-state index in [0.29, 0.717) is 17.1 Å². The maximum absolute atomic E-state index is 9.52. The Morgan fingerprint density at radius 3 is 2.31 bits per heavy atom. The highest BCUT2D eigenvalue weighted by molar-refractivity contribution is 7.99. The van der Waals surface area contributed by atoms with Crippen molar-refractivity contribution < 1.29 is 5.11 Å². The molecule has 3 atom stereocenters. The van der Waals surface area contributed by atoms with Gasteiger partial charge in [-0.15, -0.1) is 11.8 Å². The van der Waals surface area contributed by atoms with E-state index in [2.05, 4.69) is 45.0 Å². The van der Waals surface area contributed by atoms with Crippen molar-refractivity contribution >= 4 is 11.8 Å². The second-order valence-electron chi connectivity index (χ2n) is 5.00. The molecule has 1 aromatic carbocycles. The summed E-state index contributed by atoms with van der Waals surface area (Å²) < 4.78 is 0. The molecule has 2 rings (SSSR count). The van der Waals surface area contributed by atoms with Gasteiger partial charge in [-0.3, -0.25) is 0 Å². The Balaban J connectivity index is 2.02.